The van der Waals surface area contributed by atoms with Crippen molar-refractivity contribution in [2.45, 2.75) is 5.03 Å². The Morgan fingerprint density at radius 1 is 1.62 bits per heavy atom. The Balaban J connectivity index is 3.41. The number of aromatic nitrogens is 1. The van der Waals surface area contributed by atoms with Gasteiger partial charge < -0.3 is 4.74 Å². The Morgan fingerprint density at radius 2 is 2.23 bits per heavy atom. The van der Waals surface area contributed by atoms with Crippen LogP contribution in [0, 0.1) is 5.82 Å². The van der Waals surface area contributed by atoms with Gasteiger partial charge in [0.15, 0.2) is 5.75 Å². The fraction of sp³-hybridized carbons (Fsp3) is 0.167. The van der Waals surface area contributed by atoms with Gasteiger partial charge >= 0.3 is 0 Å². The smallest absolute Gasteiger partial charge is 0.281 e. The summed E-state index contributed by atoms with van der Waals surface area (Å²) in [6.45, 7) is 0. The molecule has 0 unspecified atom stereocenters. The molecule has 0 radical (unpaired) electrons. The SMILES string of the molecule is COc1ccnc(S(=O)(=O)Cl)c1F. The van der Waals surface area contributed by atoms with Crippen molar-refractivity contribution in [2.24, 2.45) is 0 Å². The molecule has 13 heavy (non-hydrogen) atoms. The quantitative estimate of drug-likeness (QED) is 0.709. The fourth-order valence-electron chi connectivity index (χ4n) is 0.736. The maximum Gasteiger partial charge on any atom is 0.281 e. The molecule has 1 heterocycles. The molecule has 1 aromatic rings. The second-order valence-corrected chi connectivity index (χ2v) is 4.55. The van der Waals surface area contributed by atoms with Crippen LogP contribution in [0.4, 0.5) is 4.39 Å². The van der Waals surface area contributed by atoms with Crippen molar-refractivity contribution >= 4 is 19.7 Å². The summed E-state index contributed by atoms with van der Waals surface area (Å²) in [4.78, 5) is 3.28. The van der Waals surface area contributed by atoms with E-state index in [1.165, 1.54) is 13.2 Å². The lowest BCUT2D eigenvalue weighted by atomic mass is 10.4. The van der Waals surface area contributed by atoms with Crippen molar-refractivity contribution in [3.8, 4) is 5.75 Å². The van der Waals surface area contributed by atoms with Gasteiger partial charge in [0.2, 0.25) is 10.8 Å². The van der Waals surface area contributed by atoms with Crippen molar-refractivity contribution in [1.29, 1.82) is 0 Å². The van der Waals surface area contributed by atoms with Crippen molar-refractivity contribution in [3.05, 3.63) is 18.1 Å². The predicted octanol–water partition coefficient (Wildman–Crippen LogP) is 1.16. The molecule has 0 aliphatic carbocycles. The van der Waals surface area contributed by atoms with Crippen molar-refractivity contribution in [2.75, 3.05) is 7.11 Å². The number of halogens is 2. The third-order valence-electron chi connectivity index (χ3n) is 1.27. The highest BCUT2D eigenvalue weighted by molar-refractivity contribution is 8.13. The molecule has 0 saturated heterocycles. The number of ether oxygens (including phenoxy) is 1. The van der Waals surface area contributed by atoms with Crippen molar-refractivity contribution in [1.82, 2.24) is 4.98 Å². The first-order valence-electron chi connectivity index (χ1n) is 3.10. The molecule has 0 atom stereocenters. The number of rotatable bonds is 2. The van der Waals surface area contributed by atoms with Gasteiger partial charge in [-0.1, -0.05) is 0 Å². The number of pyridine rings is 1. The lowest BCUT2D eigenvalue weighted by Gasteiger charge is -2.02. The van der Waals surface area contributed by atoms with Crippen molar-refractivity contribution in [3.63, 3.8) is 0 Å². The second-order valence-electron chi connectivity index (χ2n) is 2.07. The summed E-state index contributed by atoms with van der Waals surface area (Å²) in [5, 5.41) is -0.825. The average Bonchev–Trinajstić information content (AvgIpc) is 2.02. The molecule has 72 valence electrons. The van der Waals surface area contributed by atoms with Gasteiger partial charge in [0.25, 0.3) is 9.05 Å². The molecule has 0 aromatic carbocycles. The van der Waals surface area contributed by atoms with Gasteiger partial charge in [-0.05, 0) is 0 Å². The van der Waals surface area contributed by atoms with Gasteiger partial charge in [-0.3, -0.25) is 0 Å². The summed E-state index contributed by atoms with van der Waals surface area (Å²) >= 11 is 0. The summed E-state index contributed by atoms with van der Waals surface area (Å²) < 4.78 is 39.1. The van der Waals surface area contributed by atoms with E-state index < -0.39 is 19.9 Å². The third kappa shape index (κ3) is 2.07. The Morgan fingerprint density at radius 3 is 2.69 bits per heavy atom. The zero-order valence-electron chi connectivity index (χ0n) is 6.49. The first kappa shape index (κ1) is 10.2. The summed E-state index contributed by atoms with van der Waals surface area (Å²) in [6.07, 6.45) is 1.09. The molecular weight excluding hydrogens is 221 g/mol. The average molecular weight is 226 g/mol. The predicted molar refractivity (Wildman–Crippen MR) is 43.8 cm³/mol. The molecule has 7 heteroatoms. The lowest BCUT2D eigenvalue weighted by Crippen LogP contribution is -2.01. The molecule has 0 aliphatic rings. The van der Waals surface area contributed by atoms with Gasteiger partial charge in [0, 0.05) is 22.9 Å². The van der Waals surface area contributed by atoms with Crippen LogP contribution in [-0.4, -0.2) is 20.5 Å². The Kier molecular flexibility index (Phi) is 2.72. The van der Waals surface area contributed by atoms with Gasteiger partial charge in [-0.2, -0.15) is 4.39 Å². The number of nitrogens with zero attached hydrogens (tertiary/aromatic N) is 1. The molecule has 1 rings (SSSR count). The third-order valence-corrected chi connectivity index (χ3v) is 2.46. The number of hydrogen-bond acceptors (Lipinski definition) is 4. The normalized spacial score (nSPS) is 11.3. The number of methoxy groups -OCH3 is 1. The van der Waals surface area contributed by atoms with Crippen LogP contribution in [0.2, 0.25) is 0 Å². The standard InChI is InChI=1S/C6H5ClFNO3S/c1-12-4-2-3-9-6(5(4)8)13(7,10)11/h2-3H,1H3. The molecule has 1 aromatic heterocycles. The molecule has 0 saturated carbocycles. The minimum atomic E-state index is -4.16. The van der Waals surface area contributed by atoms with Gasteiger partial charge in [0.05, 0.1) is 7.11 Å². The van der Waals surface area contributed by atoms with Crippen LogP contribution in [0.15, 0.2) is 17.3 Å². The maximum absolute atomic E-state index is 13.1. The Hall–Kier alpha value is -0.880. The lowest BCUT2D eigenvalue weighted by molar-refractivity contribution is 0.377. The zero-order chi connectivity index (χ0) is 10.1. The van der Waals surface area contributed by atoms with E-state index in [4.69, 9.17) is 10.7 Å². The number of hydrogen-bond donors (Lipinski definition) is 0. The van der Waals surface area contributed by atoms with Gasteiger partial charge in [-0.25, -0.2) is 13.4 Å². The van der Waals surface area contributed by atoms with Crippen LogP contribution < -0.4 is 4.74 Å². The first-order valence-corrected chi connectivity index (χ1v) is 5.41. The molecular formula is C6H5ClFNO3S. The minimum Gasteiger partial charge on any atom is -0.494 e. The van der Waals surface area contributed by atoms with E-state index in [0.29, 0.717) is 0 Å². The molecule has 0 fully saturated rings. The van der Waals surface area contributed by atoms with Crippen LogP contribution in [0.1, 0.15) is 0 Å². The maximum atomic E-state index is 13.1. The highest BCUT2D eigenvalue weighted by Gasteiger charge is 2.20. The van der Waals surface area contributed by atoms with Crippen LogP contribution in [0.5, 0.6) is 5.75 Å². The Bertz CT molecular complexity index is 420. The van der Waals surface area contributed by atoms with Crippen molar-refractivity contribution < 1.29 is 17.5 Å². The summed E-state index contributed by atoms with van der Waals surface area (Å²) in [6, 6.07) is 1.20. The fourth-order valence-corrected chi connectivity index (χ4v) is 1.56. The zero-order valence-corrected chi connectivity index (χ0v) is 8.06. The topological polar surface area (TPSA) is 56.3 Å². The molecule has 0 bridgehead atoms. The van der Waals surface area contributed by atoms with Crippen LogP contribution in [0.3, 0.4) is 0 Å². The molecule has 0 amide bonds. The second kappa shape index (κ2) is 3.47. The van der Waals surface area contributed by atoms with E-state index in [1.54, 1.807) is 0 Å². The highest BCUT2D eigenvalue weighted by Crippen LogP contribution is 2.23. The Labute approximate surface area is 78.7 Å². The largest absolute Gasteiger partial charge is 0.494 e. The summed E-state index contributed by atoms with van der Waals surface area (Å²) in [7, 11) is 1.96. The monoisotopic (exact) mass is 225 g/mol. The minimum absolute atomic E-state index is 0.214. The van der Waals surface area contributed by atoms with Gasteiger partial charge in [-0.15, -0.1) is 0 Å². The molecule has 0 spiro atoms. The molecule has 4 nitrogen and oxygen atoms in total. The van der Waals surface area contributed by atoms with Gasteiger partial charge in [0.1, 0.15) is 0 Å². The van der Waals surface area contributed by atoms with Crippen LogP contribution in [-0.2, 0) is 9.05 Å². The van der Waals surface area contributed by atoms with E-state index >= 15 is 0 Å². The summed E-state index contributed by atoms with van der Waals surface area (Å²) in [5.74, 6) is -1.30. The highest BCUT2D eigenvalue weighted by atomic mass is 35.7. The van der Waals surface area contributed by atoms with E-state index in [2.05, 4.69) is 9.72 Å². The van der Waals surface area contributed by atoms with Crippen LogP contribution >= 0.6 is 10.7 Å². The van der Waals surface area contributed by atoms with E-state index in [0.717, 1.165) is 6.20 Å². The molecule has 0 N–H and O–H groups in total. The van der Waals surface area contributed by atoms with Crippen LogP contribution in [0.25, 0.3) is 0 Å². The summed E-state index contributed by atoms with van der Waals surface area (Å²) in [5.41, 5.74) is 0. The molecule has 0 aliphatic heterocycles. The van der Waals surface area contributed by atoms with E-state index in [9.17, 15) is 12.8 Å². The van der Waals surface area contributed by atoms with E-state index in [-0.39, 0.29) is 5.75 Å². The van der Waals surface area contributed by atoms with E-state index in [1.807, 2.05) is 0 Å². The first-order chi connectivity index (χ1) is 5.96.